The molecule has 0 aliphatic rings. The molecule has 164 valence electrons. The second-order valence-electron chi connectivity index (χ2n) is 5.69. The summed E-state index contributed by atoms with van der Waals surface area (Å²) in [6.45, 7) is 8.00. The average molecular weight is 421 g/mol. The van der Waals surface area contributed by atoms with Crippen molar-refractivity contribution in [3.63, 3.8) is 0 Å². The van der Waals surface area contributed by atoms with E-state index in [0.717, 1.165) is 11.1 Å². The number of nitrogens with one attached hydrogen (secondary N) is 1. The molecule has 0 saturated heterocycles. The highest BCUT2D eigenvalue weighted by Gasteiger charge is 2.18. The van der Waals surface area contributed by atoms with Crippen molar-refractivity contribution < 1.29 is 14.4 Å². The number of amides is 1. The zero-order chi connectivity index (χ0) is 23.1. The second-order valence-corrected chi connectivity index (χ2v) is 5.69. The number of para-hydroxylation sites is 1. The van der Waals surface area contributed by atoms with Gasteiger partial charge in [-0.1, -0.05) is 87.4 Å². The molecule has 0 spiro atoms. The fourth-order valence-electron chi connectivity index (χ4n) is 2.65. The highest BCUT2D eigenvalue weighted by Crippen LogP contribution is 2.28. The molecule has 5 heteroatoms. The number of hydrogen-bond acceptors (Lipinski definition) is 4. The van der Waals surface area contributed by atoms with E-state index < -0.39 is 0 Å². The minimum Gasteiger partial charge on any atom is -0.457 e. The molecular formula is C26H32N2O3. The van der Waals surface area contributed by atoms with E-state index in [1.54, 1.807) is 19.2 Å². The maximum absolute atomic E-state index is 12.1. The molecule has 5 nitrogen and oxygen atoms in total. The lowest BCUT2D eigenvalue weighted by atomic mass is 10.1. The van der Waals surface area contributed by atoms with Gasteiger partial charge >= 0.3 is 0 Å². The summed E-state index contributed by atoms with van der Waals surface area (Å²) in [6.07, 6.45) is 0. The van der Waals surface area contributed by atoms with Crippen LogP contribution < -0.4 is 10.1 Å². The molecule has 3 rings (SSSR count). The van der Waals surface area contributed by atoms with Gasteiger partial charge in [-0.25, -0.2) is 0 Å². The van der Waals surface area contributed by atoms with Crippen molar-refractivity contribution in [3.8, 4) is 22.6 Å². The van der Waals surface area contributed by atoms with Gasteiger partial charge in [-0.2, -0.15) is 0 Å². The minimum absolute atomic E-state index is 0.150. The van der Waals surface area contributed by atoms with Crippen LogP contribution in [0.25, 0.3) is 11.1 Å². The Labute approximate surface area is 185 Å². The van der Waals surface area contributed by atoms with E-state index in [1.165, 1.54) is 7.11 Å². The van der Waals surface area contributed by atoms with Gasteiger partial charge in [0, 0.05) is 7.05 Å². The third kappa shape index (κ3) is 7.30. The lowest BCUT2D eigenvalue weighted by Gasteiger charge is -2.12. The van der Waals surface area contributed by atoms with Crippen LogP contribution in [0.15, 0.2) is 84.0 Å². The summed E-state index contributed by atoms with van der Waals surface area (Å²) < 4.78 is 6.01. The zero-order valence-corrected chi connectivity index (χ0v) is 19.2. The normalized spacial score (nSPS) is 9.94. The third-order valence-electron chi connectivity index (χ3n) is 3.96. The summed E-state index contributed by atoms with van der Waals surface area (Å²) in [5.74, 6) is 0.826. The van der Waals surface area contributed by atoms with E-state index in [9.17, 15) is 4.79 Å². The highest BCUT2D eigenvalue weighted by atomic mass is 16.6. The summed E-state index contributed by atoms with van der Waals surface area (Å²) in [5, 5.41) is 6.41. The van der Waals surface area contributed by atoms with Gasteiger partial charge in [-0.05, 0) is 35.4 Å². The molecule has 1 amide bonds. The molecule has 0 fully saturated rings. The number of likely N-dealkylation sites (N-methyl/N-ethyl adjacent to an activating group) is 1. The lowest BCUT2D eigenvalue weighted by Crippen LogP contribution is -2.28. The average Bonchev–Trinajstić information content (AvgIpc) is 2.86. The summed E-state index contributed by atoms with van der Waals surface area (Å²) in [4.78, 5) is 17.0. The first-order chi connectivity index (χ1) is 15.2. The van der Waals surface area contributed by atoms with Crippen molar-refractivity contribution in [3.05, 3.63) is 84.4 Å². The Morgan fingerprint density at radius 1 is 0.774 bits per heavy atom. The number of nitrogens with zero attached hydrogens (tertiary/aromatic N) is 1. The predicted octanol–water partition coefficient (Wildman–Crippen LogP) is 6.29. The summed E-state index contributed by atoms with van der Waals surface area (Å²) in [6, 6.07) is 25.1. The topological polar surface area (TPSA) is 59.9 Å². The fraction of sp³-hybridized carbons (Fsp3) is 0.231. The van der Waals surface area contributed by atoms with Crippen LogP contribution in [0.3, 0.4) is 0 Å². The van der Waals surface area contributed by atoms with Crippen molar-refractivity contribution in [2.75, 3.05) is 14.2 Å². The summed E-state index contributed by atoms with van der Waals surface area (Å²) in [5.41, 5.74) is 2.93. The minimum atomic E-state index is -0.354. The first kappa shape index (κ1) is 25.4. The van der Waals surface area contributed by atoms with E-state index in [0.29, 0.717) is 17.1 Å². The molecular weight excluding hydrogens is 388 g/mol. The molecule has 0 atom stereocenters. The van der Waals surface area contributed by atoms with Gasteiger partial charge in [0.2, 0.25) is 0 Å². The Morgan fingerprint density at radius 3 is 1.90 bits per heavy atom. The molecule has 3 aromatic carbocycles. The van der Waals surface area contributed by atoms with Crippen molar-refractivity contribution in [1.82, 2.24) is 5.32 Å². The molecule has 0 bridgehead atoms. The Kier molecular flexibility index (Phi) is 11.8. The Bertz CT molecular complexity index is 936. The zero-order valence-electron chi connectivity index (χ0n) is 19.2. The van der Waals surface area contributed by atoms with Gasteiger partial charge in [0.15, 0.2) is 5.71 Å². The number of oxime groups is 1. The van der Waals surface area contributed by atoms with Crippen LogP contribution in [0.1, 0.15) is 33.3 Å². The van der Waals surface area contributed by atoms with Gasteiger partial charge < -0.3 is 14.9 Å². The maximum Gasteiger partial charge on any atom is 0.273 e. The van der Waals surface area contributed by atoms with Gasteiger partial charge in [-0.15, -0.1) is 0 Å². The fourth-order valence-corrected chi connectivity index (χ4v) is 2.65. The molecule has 0 saturated carbocycles. The SMILES string of the molecule is CC.CC.CNC(=O)/C(=N\OC)c1ccccc1Oc1ccc(-c2ccccc2)cc1. The molecule has 1 N–H and O–H groups in total. The van der Waals surface area contributed by atoms with Gasteiger partial charge in [0.25, 0.3) is 5.91 Å². The van der Waals surface area contributed by atoms with Crippen LogP contribution in [-0.2, 0) is 9.63 Å². The van der Waals surface area contributed by atoms with Crippen LogP contribution in [0, 0.1) is 0 Å². The van der Waals surface area contributed by atoms with Crippen molar-refractivity contribution in [1.29, 1.82) is 0 Å². The monoisotopic (exact) mass is 420 g/mol. The predicted molar refractivity (Wildman–Crippen MR) is 129 cm³/mol. The smallest absolute Gasteiger partial charge is 0.273 e. The quantitative estimate of drug-likeness (QED) is 0.376. The van der Waals surface area contributed by atoms with Crippen LogP contribution >= 0.6 is 0 Å². The van der Waals surface area contributed by atoms with Gasteiger partial charge in [0.05, 0.1) is 5.56 Å². The Morgan fingerprint density at radius 2 is 1.32 bits per heavy atom. The first-order valence-corrected chi connectivity index (χ1v) is 10.5. The summed E-state index contributed by atoms with van der Waals surface area (Å²) >= 11 is 0. The number of benzene rings is 3. The van der Waals surface area contributed by atoms with Crippen LogP contribution in [0.4, 0.5) is 0 Å². The Balaban J connectivity index is 0.00000113. The van der Waals surface area contributed by atoms with E-state index in [4.69, 9.17) is 9.57 Å². The second kappa shape index (κ2) is 14.4. The molecule has 3 aromatic rings. The third-order valence-corrected chi connectivity index (χ3v) is 3.96. The van der Waals surface area contributed by atoms with E-state index >= 15 is 0 Å². The maximum atomic E-state index is 12.1. The largest absolute Gasteiger partial charge is 0.457 e. The van der Waals surface area contributed by atoms with Crippen molar-refractivity contribution >= 4 is 11.6 Å². The van der Waals surface area contributed by atoms with Gasteiger partial charge in [-0.3, -0.25) is 4.79 Å². The van der Waals surface area contributed by atoms with Crippen molar-refractivity contribution in [2.24, 2.45) is 5.16 Å². The lowest BCUT2D eigenvalue weighted by molar-refractivity contribution is -0.114. The van der Waals surface area contributed by atoms with E-state index in [1.807, 2.05) is 82.3 Å². The standard InChI is InChI=1S/C22H20N2O3.2C2H6/c1-23-22(25)21(24-26-2)19-10-6-7-11-20(19)27-18-14-12-17(13-15-18)16-8-4-3-5-9-16;2*1-2/h3-15H,1-2H3,(H,23,25);2*1-2H3/b24-21-;;. The van der Waals surface area contributed by atoms with Crippen LogP contribution in [0.5, 0.6) is 11.5 Å². The molecule has 0 aliphatic heterocycles. The molecule has 0 radical (unpaired) electrons. The number of rotatable bonds is 6. The van der Waals surface area contributed by atoms with E-state index in [2.05, 4.69) is 22.6 Å². The van der Waals surface area contributed by atoms with Gasteiger partial charge in [0.1, 0.15) is 18.6 Å². The first-order valence-electron chi connectivity index (χ1n) is 10.5. The van der Waals surface area contributed by atoms with Crippen LogP contribution in [0.2, 0.25) is 0 Å². The number of hydrogen-bond donors (Lipinski definition) is 1. The summed E-state index contributed by atoms with van der Waals surface area (Å²) in [7, 11) is 2.94. The highest BCUT2D eigenvalue weighted by molar-refractivity contribution is 6.45. The number of carbonyl (C=O) groups excluding carboxylic acids is 1. The Hall–Kier alpha value is -3.60. The van der Waals surface area contributed by atoms with Crippen LogP contribution in [-0.4, -0.2) is 25.8 Å². The molecule has 0 aliphatic carbocycles. The molecule has 0 unspecified atom stereocenters. The van der Waals surface area contributed by atoms with Crippen molar-refractivity contribution in [2.45, 2.75) is 27.7 Å². The molecule has 0 heterocycles. The number of carbonyl (C=O) groups is 1. The molecule has 0 aromatic heterocycles. The number of ether oxygens (including phenoxy) is 1. The van der Waals surface area contributed by atoms with E-state index in [-0.39, 0.29) is 11.6 Å². The molecule has 31 heavy (non-hydrogen) atoms.